The quantitative estimate of drug-likeness (QED) is 0.921. The van der Waals surface area contributed by atoms with Crippen LogP contribution in [0.25, 0.3) is 0 Å². The lowest BCUT2D eigenvalue weighted by Crippen LogP contribution is -2.41. The number of hydrogen-bond donors (Lipinski definition) is 1. The summed E-state index contributed by atoms with van der Waals surface area (Å²) in [6.07, 6.45) is 0.679. The Kier molecular flexibility index (Phi) is 5.21. The van der Waals surface area contributed by atoms with Crippen LogP contribution in [0.3, 0.4) is 0 Å². The van der Waals surface area contributed by atoms with Gasteiger partial charge in [0.1, 0.15) is 5.75 Å². The van der Waals surface area contributed by atoms with Crippen molar-refractivity contribution in [2.24, 2.45) is 5.41 Å². The van der Waals surface area contributed by atoms with E-state index in [1.54, 1.807) is 11.9 Å². The van der Waals surface area contributed by atoms with E-state index >= 15 is 0 Å². The fourth-order valence-corrected chi connectivity index (χ4v) is 2.95. The van der Waals surface area contributed by atoms with Crippen LogP contribution in [0.4, 0.5) is 0 Å². The topological polar surface area (TPSA) is 58.6 Å². The molecule has 1 heterocycles. The molecule has 2 amide bonds. The zero-order valence-corrected chi connectivity index (χ0v) is 15.3. The van der Waals surface area contributed by atoms with Gasteiger partial charge in [0, 0.05) is 20.1 Å². The molecule has 0 radical (unpaired) electrons. The van der Waals surface area contributed by atoms with Gasteiger partial charge >= 0.3 is 0 Å². The molecule has 0 aromatic heterocycles. The number of carbonyl (C=O) groups is 2. The highest BCUT2D eigenvalue weighted by atomic mass is 16.5. The number of ether oxygens (including phenoxy) is 1. The maximum atomic E-state index is 12.3. The number of rotatable bonds is 4. The predicted octanol–water partition coefficient (Wildman–Crippen LogP) is 2.35. The summed E-state index contributed by atoms with van der Waals surface area (Å²) in [6, 6.07) is 7.84. The molecule has 1 aromatic rings. The molecule has 0 unspecified atom stereocenters. The Morgan fingerprint density at radius 2 is 1.88 bits per heavy atom. The van der Waals surface area contributed by atoms with Crippen molar-refractivity contribution in [2.45, 2.75) is 39.5 Å². The van der Waals surface area contributed by atoms with E-state index in [-0.39, 0.29) is 23.8 Å². The Morgan fingerprint density at radius 3 is 2.42 bits per heavy atom. The summed E-state index contributed by atoms with van der Waals surface area (Å²) in [5.74, 6) is 0.587. The molecule has 5 nitrogen and oxygen atoms in total. The molecule has 1 aliphatic rings. The summed E-state index contributed by atoms with van der Waals surface area (Å²) < 4.78 is 5.61. The Morgan fingerprint density at radius 1 is 1.25 bits per heavy atom. The van der Waals surface area contributed by atoms with Gasteiger partial charge in [-0.1, -0.05) is 32.9 Å². The first-order valence-electron chi connectivity index (χ1n) is 8.39. The minimum Gasteiger partial charge on any atom is -0.484 e. The number of amides is 2. The molecular weight excluding hydrogens is 304 g/mol. The zero-order valence-electron chi connectivity index (χ0n) is 15.3. The van der Waals surface area contributed by atoms with E-state index in [2.05, 4.69) is 26.1 Å². The van der Waals surface area contributed by atoms with Crippen molar-refractivity contribution in [1.82, 2.24) is 10.2 Å². The van der Waals surface area contributed by atoms with E-state index in [1.165, 1.54) is 5.56 Å². The first kappa shape index (κ1) is 18.3. The van der Waals surface area contributed by atoms with Crippen LogP contribution in [0, 0.1) is 5.41 Å². The van der Waals surface area contributed by atoms with E-state index in [4.69, 9.17) is 4.74 Å². The second kappa shape index (κ2) is 6.83. The highest BCUT2D eigenvalue weighted by Crippen LogP contribution is 2.30. The van der Waals surface area contributed by atoms with Crippen LogP contribution in [0.1, 0.15) is 39.7 Å². The monoisotopic (exact) mass is 332 g/mol. The second-order valence-corrected chi connectivity index (χ2v) is 7.77. The number of nitrogens with zero attached hydrogens (tertiary/aromatic N) is 1. The molecule has 1 aromatic carbocycles. The van der Waals surface area contributed by atoms with Gasteiger partial charge in [0.05, 0.1) is 5.41 Å². The minimum atomic E-state index is -0.501. The normalized spacial score (nSPS) is 20.8. The number of benzene rings is 1. The molecule has 132 valence electrons. The lowest BCUT2D eigenvalue weighted by molar-refractivity contribution is -0.134. The summed E-state index contributed by atoms with van der Waals surface area (Å²) in [7, 11) is 1.63. The van der Waals surface area contributed by atoms with E-state index in [1.807, 2.05) is 31.2 Å². The van der Waals surface area contributed by atoms with Gasteiger partial charge in [0.2, 0.25) is 5.91 Å². The highest BCUT2D eigenvalue weighted by Gasteiger charge is 2.41. The molecule has 2 rings (SSSR count). The van der Waals surface area contributed by atoms with Gasteiger partial charge in [-0.2, -0.15) is 0 Å². The Bertz CT molecular complexity index is 604. The standard InChI is InChI=1S/C19H28N2O3/c1-18(2,3)14-6-8-15(9-7-14)24-12-16(22)21-11-10-19(4,13-21)17(23)20-5/h6-9H,10-13H2,1-5H3,(H,20,23)/t19-/m1/s1. The largest absolute Gasteiger partial charge is 0.484 e. The second-order valence-electron chi connectivity index (χ2n) is 7.77. The van der Waals surface area contributed by atoms with Crippen molar-refractivity contribution >= 4 is 11.8 Å². The predicted molar refractivity (Wildman–Crippen MR) is 94.0 cm³/mol. The highest BCUT2D eigenvalue weighted by molar-refractivity contribution is 5.85. The number of likely N-dealkylation sites (tertiary alicyclic amines) is 1. The van der Waals surface area contributed by atoms with E-state index in [0.717, 1.165) is 0 Å². The van der Waals surface area contributed by atoms with Crippen LogP contribution in [0.15, 0.2) is 24.3 Å². The third kappa shape index (κ3) is 4.08. The molecule has 1 fully saturated rings. The maximum absolute atomic E-state index is 12.3. The molecule has 0 saturated carbocycles. The fourth-order valence-electron chi connectivity index (χ4n) is 2.95. The van der Waals surface area contributed by atoms with Crippen LogP contribution in [0.2, 0.25) is 0 Å². The maximum Gasteiger partial charge on any atom is 0.260 e. The average molecular weight is 332 g/mol. The van der Waals surface area contributed by atoms with Crippen LogP contribution in [0.5, 0.6) is 5.75 Å². The average Bonchev–Trinajstić information content (AvgIpc) is 2.95. The van der Waals surface area contributed by atoms with E-state index < -0.39 is 5.41 Å². The molecule has 0 bridgehead atoms. The molecule has 0 aliphatic carbocycles. The lowest BCUT2D eigenvalue weighted by Gasteiger charge is -2.23. The first-order valence-corrected chi connectivity index (χ1v) is 8.39. The van der Waals surface area contributed by atoms with E-state index in [9.17, 15) is 9.59 Å². The molecule has 1 saturated heterocycles. The molecular formula is C19H28N2O3. The van der Waals surface area contributed by atoms with Crippen molar-refractivity contribution < 1.29 is 14.3 Å². The Balaban J connectivity index is 1.89. The summed E-state index contributed by atoms with van der Waals surface area (Å²) in [6.45, 7) is 9.40. The van der Waals surface area contributed by atoms with Crippen molar-refractivity contribution in [3.05, 3.63) is 29.8 Å². The van der Waals surface area contributed by atoms with Crippen molar-refractivity contribution in [3.63, 3.8) is 0 Å². The number of carbonyl (C=O) groups excluding carboxylic acids is 2. The Labute approximate surface area is 144 Å². The van der Waals surface area contributed by atoms with Crippen LogP contribution in [-0.2, 0) is 15.0 Å². The molecule has 5 heteroatoms. The van der Waals surface area contributed by atoms with Gasteiger partial charge < -0.3 is 15.0 Å². The smallest absolute Gasteiger partial charge is 0.260 e. The van der Waals surface area contributed by atoms with Gasteiger partial charge in [-0.15, -0.1) is 0 Å². The van der Waals surface area contributed by atoms with Crippen molar-refractivity contribution in [2.75, 3.05) is 26.7 Å². The van der Waals surface area contributed by atoms with Crippen LogP contribution < -0.4 is 10.1 Å². The minimum absolute atomic E-state index is 0.00130. The summed E-state index contributed by atoms with van der Waals surface area (Å²) >= 11 is 0. The van der Waals surface area contributed by atoms with Gasteiger partial charge in [0.15, 0.2) is 6.61 Å². The first-order chi connectivity index (χ1) is 11.2. The van der Waals surface area contributed by atoms with Crippen molar-refractivity contribution in [1.29, 1.82) is 0 Å². The van der Waals surface area contributed by atoms with Gasteiger partial charge in [-0.3, -0.25) is 9.59 Å². The molecule has 1 aliphatic heterocycles. The lowest BCUT2D eigenvalue weighted by atomic mass is 9.87. The molecule has 1 N–H and O–H groups in total. The van der Waals surface area contributed by atoms with Gasteiger partial charge in [-0.05, 0) is 36.5 Å². The third-order valence-electron chi connectivity index (χ3n) is 4.68. The number of nitrogens with one attached hydrogen (secondary N) is 1. The fraction of sp³-hybridized carbons (Fsp3) is 0.579. The summed E-state index contributed by atoms with van der Waals surface area (Å²) in [4.78, 5) is 25.9. The molecule has 1 atom stereocenters. The SMILES string of the molecule is CNC(=O)[C@]1(C)CCN(C(=O)COc2ccc(C(C)(C)C)cc2)C1. The zero-order chi connectivity index (χ0) is 18.0. The summed E-state index contributed by atoms with van der Waals surface area (Å²) in [5, 5.41) is 2.67. The molecule has 24 heavy (non-hydrogen) atoms. The summed E-state index contributed by atoms with van der Waals surface area (Å²) in [5.41, 5.74) is 0.814. The van der Waals surface area contributed by atoms with Crippen LogP contribution >= 0.6 is 0 Å². The van der Waals surface area contributed by atoms with Gasteiger partial charge in [-0.25, -0.2) is 0 Å². The molecule has 0 spiro atoms. The van der Waals surface area contributed by atoms with Crippen molar-refractivity contribution in [3.8, 4) is 5.75 Å². The van der Waals surface area contributed by atoms with Crippen LogP contribution in [-0.4, -0.2) is 43.5 Å². The number of hydrogen-bond acceptors (Lipinski definition) is 3. The van der Waals surface area contributed by atoms with E-state index in [0.29, 0.717) is 25.3 Å². The third-order valence-corrected chi connectivity index (χ3v) is 4.68. The Hall–Kier alpha value is -2.04. The van der Waals surface area contributed by atoms with Gasteiger partial charge in [0.25, 0.3) is 5.91 Å².